The summed E-state index contributed by atoms with van der Waals surface area (Å²) in [5, 5.41) is 21.9. The van der Waals surface area contributed by atoms with Crippen molar-refractivity contribution in [2.45, 2.75) is 84.3 Å². The van der Waals surface area contributed by atoms with Crippen LogP contribution in [0.4, 0.5) is 17.3 Å². The average molecular weight is 926 g/mol. The molecule has 2 saturated heterocycles. The number of Topliss-reactive ketones (excluding diaryl/α,β-unsaturated/α-hetero) is 1. The number of nitrogens with two attached hydrogens (primary N) is 2. The van der Waals surface area contributed by atoms with Gasteiger partial charge in [0.25, 0.3) is 0 Å². The second-order valence-electron chi connectivity index (χ2n) is 17.3. The molecule has 3 aromatic carbocycles. The zero-order valence-corrected chi connectivity index (χ0v) is 39.5. The molecule has 0 unspecified atom stereocenters. The van der Waals surface area contributed by atoms with Gasteiger partial charge in [0, 0.05) is 56.7 Å². The summed E-state index contributed by atoms with van der Waals surface area (Å²) in [4.78, 5) is 60.9. The van der Waals surface area contributed by atoms with Crippen molar-refractivity contribution in [3.05, 3.63) is 139 Å². The lowest BCUT2D eigenvalue weighted by Gasteiger charge is -2.34. The van der Waals surface area contributed by atoms with Gasteiger partial charge in [0.15, 0.2) is 5.78 Å². The molecule has 5 atom stereocenters. The van der Waals surface area contributed by atoms with Gasteiger partial charge < -0.3 is 46.8 Å². The Morgan fingerprint density at radius 2 is 1.21 bits per heavy atom. The number of ketones is 1. The highest BCUT2D eigenvalue weighted by Gasteiger charge is 2.26. The van der Waals surface area contributed by atoms with Crippen molar-refractivity contribution in [3.8, 4) is 0 Å². The molecule has 6 heterocycles. The molecule has 4 aromatic heterocycles. The summed E-state index contributed by atoms with van der Waals surface area (Å²) in [7, 11) is 0. The van der Waals surface area contributed by atoms with Gasteiger partial charge >= 0.3 is 11.9 Å². The van der Waals surface area contributed by atoms with Gasteiger partial charge in [-0.3, -0.25) is 14.4 Å². The molecule has 16 nitrogen and oxygen atoms in total. The van der Waals surface area contributed by atoms with Crippen LogP contribution in [0.1, 0.15) is 64.0 Å². The van der Waals surface area contributed by atoms with E-state index in [-0.39, 0.29) is 23.8 Å². The highest BCUT2D eigenvalue weighted by atomic mass is 16.4. The Balaban J connectivity index is 0.000000179. The monoisotopic (exact) mass is 926 g/mol. The molecule has 0 radical (unpaired) electrons. The van der Waals surface area contributed by atoms with Gasteiger partial charge in [-0.1, -0.05) is 91.3 Å². The van der Waals surface area contributed by atoms with Crippen molar-refractivity contribution in [2.75, 3.05) is 41.3 Å². The SMILES string of the molecule is C[C@@H](Cc1ccccc1)C(=O)O.C[C@@H](N)C(=O)O.C[C@@H](Nc1ccccc1)C(=O)C[C@@H]1CCCN(c2ncnc3[nH]ccc23)C1.Cc1ccccc1.N[C@@H]1CCCN(c2ncnc3[nH]ccc23)C1. The fourth-order valence-electron chi connectivity index (χ4n) is 7.76. The summed E-state index contributed by atoms with van der Waals surface area (Å²) < 4.78 is 0. The molecule has 2 fully saturated rings. The summed E-state index contributed by atoms with van der Waals surface area (Å²) in [6.45, 7) is 10.9. The molecule has 2 aliphatic heterocycles. The maximum atomic E-state index is 12.7. The van der Waals surface area contributed by atoms with Gasteiger partial charge in [-0.05, 0) is 88.6 Å². The zero-order valence-electron chi connectivity index (χ0n) is 39.5. The molecule has 0 saturated carbocycles. The Hall–Kier alpha value is -7.17. The fourth-order valence-corrected chi connectivity index (χ4v) is 7.76. The first-order valence-electron chi connectivity index (χ1n) is 23.2. The number of piperidine rings is 2. The number of aliphatic carboxylic acids is 2. The predicted molar refractivity (Wildman–Crippen MR) is 271 cm³/mol. The Morgan fingerprint density at radius 1 is 0.706 bits per heavy atom. The van der Waals surface area contributed by atoms with E-state index in [1.807, 2.05) is 110 Å². The number of carbonyl (C=O) groups excluding carboxylic acids is 1. The average Bonchev–Trinajstić information content (AvgIpc) is 4.04. The van der Waals surface area contributed by atoms with Crippen molar-refractivity contribution in [1.82, 2.24) is 29.9 Å². The van der Waals surface area contributed by atoms with E-state index in [2.05, 4.69) is 64.1 Å². The molecule has 9 N–H and O–H groups in total. The summed E-state index contributed by atoms with van der Waals surface area (Å²) in [6, 6.07) is 33.2. The molecule has 0 aliphatic carbocycles. The Bertz CT molecular complexity index is 2570. The van der Waals surface area contributed by atoms with Crippen LogP contribution in [0.15, 0.2) is 128 Å². The second-order valence-corrected chi connectivity index (χ2v) is 17.3. The van der Waals surface area contributed by atoms with Crippen LogP contribution in [-0.2, 0) is 20.8 Å². The van der Waals surface area contributed by atoms with Gasteiger partial charge in [0.2, 0.25) is 0 Å². The van der Waals surface area contributed by atoms with E-state index in [0.717, 1.165) is 96.8 Å². The topological polar surface area (TPSA) is 245 Å². The quantitative estimate of drug-likeness (QED) is 0.0653. The van der Waals surface area contributed by atoms with E-state index in [1.54, 1.807) is 19.6 Å². The van der Waals surface area contributed by atoms with Crippen LogP contribution in [0, 0.1) is 18.8 Å². The lowest BCUT2D eigenvalue weighted by atomic mass is 9.91. The van der Waals surface area contributed by atoms with Gasteiger partial charge in [-0.2, -0.15) is 0 Å². The zero-order chi connectivity index (χ0) is 48.8. The standard InChI is InChI=1S/C21H25N5O.C11H15N5.C10H12O2.C7H8.C3H7NO2/c1-15(25-17-7-3-2-4-8-17)19(27)12-16-6-5-11-26(13-16)21-18-9-10-22-20(18)23-14-24-21;12-8-2-1-5-16(6-8)11-9-3-4-13-10(9)14-7-15-11;1-8(10(11)12)7-9-5-3-2-4-6-9;1-7-5-3-2-4-6-7;1-2(4)3(5)6/h2-4,7-10,14-16,25H,5-6,11-13H2,1H3,(H,22,23,24);3-4,7-8H,1-2,5-6,12H2,(H,13,14,15);2-6,8H,7H2,1H3,(H,11,12);2-6H,1H3;2H,4H2,1H3,(H,5,6)/t15-,16+;2*8-;;2-/m110.1/s1. The first kappa shape index (κ1) is 51.8. The number of aromatic amines is 2. The van der Waals surface area contributed by atoms with E-state index >= 15 is 0 Å². The number of benzene rings is 3. The smallest absolute Gasteiger partial charge is 0.320 e. The molecule has 0 amide bonds. The minimum absolute atomic E-state index is 0.182. The van der Waals surface area contributed by atoms with E-state index < -0.39 is 18.0 Å². The molecule has 9 rings (SSSR count). The number of H-pyrrole nitrogens is 2. The summed E-state index contributed by atoms with van der Waals surface area (Å²) in [5.41, 5.74) is 16.0. The number of nitrogens with one attached hydrogen (secondary N) is 3. The van der Waals surface area contributed by atoms with Crippen LogP contribution in [0.25, 0.3) is 22.1 Å². The molecule has 360 valence electrons. The maximum Gasteiger partial charge on any atom is 0.320 e. The molecular weight excluding hydrogens is 859 g/mol. The number of fused-ring (bicyclic) bond motifs is 2. The number of carbonyl (C=O) groups is 3. The van der Waals surface area contributed by atoms with Crippen LogP contribution >= 0.6 is 0 Å². The summed E-state index contributed by atoms with van der Waals surface area (Å²) >= 11 is 0. The molecule has 0 bridgehead atoms. The van der Waals surface area contributed by atoms with Crippen molar-refractivity contribution < 1.29 is 24.6 Å². The number of rotatable bonds is 11. The van der Waals surface area contributed by atoms with Gasteiger partial charge in [-0.25, -0.2) is 19.9 Å². The first-order valence-corrected chi connectivity index (χ1v) is 23.2. The van der Waals surface area contributed by atoms with Crippen LogP contribution < -0.4 is 26.6 Å². The highest BCUT2D eigenvalue weighted by Crippen LogP contribution is 2.29. The normalized spacial score (nSPS) is 16.7. The van der Waals surface area contributed by atoms with Gasteiger partial charge in [0.05, 0.1) is 22.7 Å². The van der Waals surface area contributed by atoms with E-state index in [0.29, 0.717) is 18.8 Å². The number of carboxylic acid groups (broad SMARTS) is 2. The second kappa shape index (κ2) is 26.8. The van der Waals surface area contributed by atoms with Crippen molar-refractivity contribution in [3.63, 3.8) is 0 Å². The lowest BCUT2D eigenvalue weighted by Crippen LogP contribution is -2.43. The Labute approximate surface area is 398 Å². The summed E-state index contributed by atoms with van der Waals surface area (Å²) in [5.74, 6) is 0.590. The molecule has 0 spiro atoms. The van der Waals surface area contributed by atoms with Gasteiger partial charge in [-0.15, -0.1) is 0 Å². The largest absolute Gasteiger partial charge is 0.481 e. The maximum absolute atomic E-state index is 12.7. The minimum atomic E-state index is -0.963. The van der Waals surface area contributed by atoms with Crippen LogP contribution in [0.2, 0.25) is 0 Å². The lowest BCUT2D eigenvalue weighted by molar-refractivity contribution is -0.141. The van der Waals surface area contributed by atoms with E-state index in [1.165, 1.54) is 12.5 Å². The molecule has 16 heteroatoms. The third kappa shape index (κ3) is 16.6. The first-order chi connectivity index (χ1) is 32.8. The molecule has 68 heavy (non-hydrogen) atoms. The van der Waals surface area contributed by atoms with Crippen molar-refractivity contribution in [2.24, 2.45) is 23.3 Å². The molecule has 7 aromatic rings. The van der Waals surface area contributed by atoms with Crippen LogP contribution in [0.5, 0.6) is 0 Å². The number of nitrogens with zero attached hydrogens (tertiary/aromatic N) is 6. The number of hydrogen-bond acceptors (Lipinski definition) is 12. The number of carboxylic acids is 2. The number of anilines is 3. The van der Waals surface area contributed by atoms with Crippen molar-refractivity contribution >= 4 is 57.1 Å². The summed E-state index contributed by atoms with van der Waals surface area (Å²) in [6.07, 6.45) is 12.6. The minimum Gasteiger partial charge on any atom is -0.481 e. The number of aromatic nitrogens is 6. The third-order valence-corrected chi connectivity index (χ3v) is 11.5. The third-order valence-electron chi connectivity index (χ3n) is 11.5. The number of aryl methyl sites for hydroxylation is 1. The van der Waals surface area contributed by atoms with E-state index in [4.69, 9.17) is 21.7 Å². The van der Waals surface area contributed by atoms with Gasteiger partial charge in [0.1, 0.15) is 41.6 Å². The number of para-hydroxylation sites is 1. The fraction of sp³-hybridized carbons (Fsp3) is 0.365. The Kier molecular flexibility index (Phi) is 20.5. The molecular formula is C52H67N11O5. The molecule has 2 aliphatic rings. The van der Waals surface area contributed by atoms with E-state index in [9.17, 15) is 14.4 Å². The Morgan fingerprint density at radius 3 is 1.69 bits per heavy atom. The predicted octanol–water partition coefficient (Wildman–Crippen LogP) is 7.88. The van der Waals surface area contributed by atoms with Crippen molar-refractivity contribution in [1.29, 1.82) is 0 Å². The highest BCUT2D eigenvalue weighted by molar-refractivity contribution is 5.89. The number of hydrogen-bond donors (Lipinski definition) is 7. The van der Waals surface area contributed by atoms with Crippen LogP contribution in [-0.4, -0.2) is 102 Å². The van der Waals surface area contributed by atoms with Crippen LogP contribution in [0.3, 0.4) is 0 Å².